The summed E-state index contributed by atoms with van der Waals surface area (Å²) in [5.41, 5.74) is 0.407. The Balaban J connectivity index is 0.000000412. The highest BCUT2D eigenvalue weighted by atomic mass is 16.6. The van der Waals surface area contributed by atoms with Gasteiger partial charge < -0.3 is 19.7 Å². The van der Waals surface area contributed by atoms with Crippen LogP contribution in [0.4, 0.5) is 0 Å². The van der Waals surface area contributed by atoms with Crippen LogP contribution in [0.15, 0.2) is 60.7 Å². The molecule has 0 aliphatic heterocycles. The molecule has 0 atom stereocenters. The standard InChI is InChI=1S/C15H10O4.C4H10O3/c16-13(11-7-3-1-4-8-11)15(18)19-14(17)12-9-5-2-6-10-12;5-1-3-7-4-2-6/h1-10H;5-6H,1-4H2. The van der Waals surface area contributed by atoms with Crippen LogP contribution in [0.2, 0.25) is 0 Å². The number of ether oxygens (including phenoxy) is 2. The molecule has 0 saturated heterocycles. The third kappa shape index (κ3) is 7.80. The number of Topliss-reactive ketones (excluding diaryl/α,β-unsaturated/α-hetero) is 1. The van der Waals surface area contributed by atoms with Gasteiger partial charge in [-0.25, -0.2) is 9.59 Å². The van der Waals surface area contributed by atoms with Gasteiger partial charge >= 0.3 is 11.9 Å². The summed E-state index contributed by atoms with van der Waals surface area (Å²) in [5, 5.41) is 16.2. The minimum Gasteiger partial charge on any atom is -0.394 e. The van der Waals surface area contributed by atoms with Crippen molar-refractivity contribution in [1.29, 1.82) is 0 Å². The maximum Gasteiger partial charge on any atom is 0.387 e. The second-order valence-electron chi connectivity index (χ2n) is 4.80. The summed E-state index contributed by atoms with van der Waals surface area (Å²) in [6, 6.07) is 15.9. The molecular formula is C19H20O7. The van der Waals surface area contributed by atoms with Crippen molar-refractivity contribution >= 4 is 17.7 Å². The van der Waals surface area contributed by atoms with Crippen molar-refractivity contribution in [3.05, 3.63) is 71.8 Å². The summed E-state index contributed by atoms with van der Waals surface area (Å²) in [6.45, 7) is 0.696. The number of hydrogen-bond acceptors (Lipinski definition) is 7. The van der Waals surface area contributed by atoms with E-state index in [-0.39, 0.29) is 24.3 Å². The van der Waals surface area contributed by atoms with E-state index in [0.717, 1.165) is 0 Å². The average molecular weight is 360 g/mol. The van der Waals surface area contributed by atoms with Crippen LogP contribution >= 0.6 is 0 Å². The second kappa shape index (κ2) is 12.5. The van der Waals surface area contributed by atoms with Crippen LogP contribution in [-0.4, -0.2) is 54.4 Å². The lowest BCUT2D eigenvalue weighted by molar-refractivity contribution is -0.132. The van der Waals surface area contributed by atoms with Gasteiger partial charge in [0, 0.05) is 5.56 Å². The number of rotatable bonds is 7. The molecule has 138 valence electrons. The highest BCUT2D eigenvalue weighted by molar-refractivity contribution is 6.42. The van der Waals surface area contributed by atoms with E-state index in [1.807, 2.05) is 0 Å². The van der Waals surface area contributed by atoms with Gasteiger partial charge in [-0.3, -0.25) is 4.79 Å². The van der Waals surface area contributed by atoms with E-state index < -0.39 is 17.7 Å². The van der Waals surface area contributed by atoms with Crippen LogP contribution in [0.3, 0.4) is 0 Å². The van der Waals surface area contributed by atoms with Crippen molar-refractivity contribution in [2.45, 2.75) is 0 Å². The highest BCUT2D eigenvalue weighted by Crippen LogP contribution is 2.05. The van der Waals surface area contributed by atoms with E-state index in [9.17, 15) is 14.4 Å². The molecule has 0 heterocycles. The van der Waals surface area contributed by atoms with E-state index in [0.29, 0.717) is 13.2 Å². The molecule has 7 heteroatoms. The molecule has 0 radical (unpaired) electrons. The number of carbonyl (C=O) groups is 3. The molecule has 0 bridgehead atoms. The Morgan fingerprint density at radius 2 is 1.19 bits per heavy atom. The molecule has 0 unspecified atom stereocenters. The molecule has 0 saturated carbocycles. The number of benzene rings is 2. The van der Waals surface area contributed by atoms with Crippen molar-refractivity contribution in [3.8, 4) is 0 Å². The zero-order chi connectivity index (χ0) is 19.2. The lowest BCUT2D eigenvalue weighted by Gasteiger charge is -2.02. The van der Waals surface area contributed by atoms with Gasteiger partial charge in [-0.1, -0.05) is 48.5 Å². The molecule has 2 rings (SSSR count). The average Bonchev–Trinajstić information content (AvgIpc) is 2.69. The number of hydrogen-bond donors (Lipinski definition) is 2. The normalized spacial score (nSPS) is 9.62. The first-order valence-corrected chi connectivity index (χ1v) is 7.80. The summed E-state index contributed by atoms with van der Waals surface area (Å²) in [6.07, 6.45) is 0. The maximum absolute atomic E-state index is 11.7. The molecule has 2 N–H and O–H groups in total. The molecule has 7 nitrogen and oxygen atoms in total. The van der Waals surface area contributed by atoms with Gasteiger partial charge in [0.15, 0.2) is 0 Å². The predicted octanol–water partition coefficient (Wildman–Crippen LogP) is 1.24. The van der Waals surface area contributed by atoms with Crippen LogP contribution in [-0.2, 0) is 14.3 Å². The molecule has 26 heavy (non-hydrogen) atoms. The number of aliphatic hydroxyl groups excluding tert-OH is 2. The van der Waals surface area contributed by atoms with Gasteiger partial charge in [0.2, 0.25) is 0 Å². The van der Waals surface area contributed by atoms with Crippen LogP contribution in [0, 0.1) is 0 Å². The number of esters is 2. The SMILES string of the molecule is O=C(OC(=O)c1ccccc1)C(=O)c1ccccc1.OCCOCCO. The Morgan fingerprint density at radius 1 is 0.731 bits per heavy atom. The molecule has 0 aromatic heterocycles. The Kier molecular flexibility index (Phi) is 10.2. The first kappa shape index (κ1) is 21.2. The van der Waals surface area contributed by atoms with E-state index in [1.54, 1.807) is 36.4 Å². The molecule has 0 aliphatic carbocycles. The number of aliphatic hydroxyl groups is 2. The minimum absolute atomic E-state index is 0.0278. The second-order valence-corrected chi connectivity index (χ2v) is 4.80. The molecule has 2 aromatic carbocycles. The maximum atomic E-state index is 11.7. The van der Waals surface area contributed by atoms with Crippen molar-refractivity contribution in [3.63, 3.8) is 0 Å². The highest BCUT2D eigenvalue weighted by Gasteiger charge is 2.21. The van der Waals surface area contributed by atoms with Crippen LogP contribution < -0.4 is 0 Å². The van der Waals surface area contributed by atoms with Gasteiger partial charge in [-0.2, -0.15) is 0 Å². The first-order valence-electron chi connectivity index (χ1n) is 7.80. The predicted molar refractivity (Wildman–Crippen MR) is 92.6 cm³/mol. The summed E-state index contributed by atoms with van der Waals surface area (Å²) in [5.74, 6) is -2.86. The number of carbonyl (C=O) groups excluding carboxylic acids is 3. The molecular weight excluding hydrogens is 340 g/mol. The van der Waals surface area contributed by atoms with Gasteiger partial charge in [-0.05, 0) is 12.1 Å². The Morgan fingerprint density at radius 3 is 1.65 bits per heavy atom. The lowest BCUT2D eigenvalue weighted by atomic mass is 10.1. The fraction of sp³-hybridized carbons (Fsp3) is 0.211. The molecule has 0 amide bonds. The minimum atomic E-state index is -1.18. The quantitative estimate of drug-likeness (QED) is 0.251. The lowest BCUT2D eigenvalue weighted by Crippen LogP contribution is -2.21. The Labute approximate surface area is 150 Å². The van der Waals surface area contributed by atoms with E-state index in [2.05, 4.69) is 9.47 Å². The Hall–Kier alpha value is -2.87. The monoisotopic (exact) mass is 360 g/mol. The van der Waals surface area contributed by atoms with Crippen LogP contribution in [0.25, 0.3) is 0 Å². The van der Waals surface area contributed by atoms with Crippen molar-refractivity contribution < 1.29 is 34.1 Å². The summed E-state index contributed by atoms with van der Waals surface area (Å²) in [4.78, 5) is 34.8. The van der Waals surface area contributed by atoms with Crippen molar-refractivity contribution in [2.75, 3.05) is 26.4 Å². The smallest absolute Gasteiger partial charge is 0.387 e. The van der Waals surface area contributed by atoms with Gasteiger partial charge in [-0.15, -0.1) is 0 Å². The van der Waals surface area contributed by atoms with Crippen molar-refractivity contribution in [2.24, 2.45) is 0 Å². The molecule has 0 spiro atoms. The topological polar surface area (TPSA) is 110 Å². The number of ketones is 1. The fourth-order valence-electron chi connectivity index (χ4n) is 1.70. The van der Waals surface area contributed by atoms with Crippen LogP contribution in [0.5, 0.6) is 0 Å². The molecule has 0 fully saturated rings. The van der Waals surface area contributed by atoms with Gasteiger partial charge in [0.05, 0.1) is 32.0 Å². The summed E-state index contributed by atoms with van der Waals surface area (Å²) < 4.78 is 9.16. The molecule has 2 aromatic rings. The third-order valence-corrected chi connectivity index (χ3v) is 2.89. The fourth-order valence-corrected chi connectivity index (χ4v) is 1.70. The summed E-state index contributed by atoms with van der Waals surface area (Å²) in [7, 11) is 0. The van der Waals surface area contributed by atoms with Gasteiger partial charge in [0.1, 0.15) is 0 Å². The van der Waals surface area contributed by atoms with Crippen LogP contribution in [0.1, 0.15) is 20.7 Å². The largest absolute Gasteiger partial charge is 0.394 e. The van der Waals surface area contributed by atoms with E-state index in [4.69, 9.17) is 10.2 Å². The zero-order valence-electron chi connectivity index (χ0n) is 14.0. The summed E-state index contributed by atoms with van der Waals surface area (Å²) >= 11 is 0. The third-order valence-electron chi connectivity index (χ3n) is 2.89. The molecule has 0 aliphatic rings. The van der Waals surface area contributed by atoms with Crippen molar-refractivity contribution in [1.82, 2.24) is 0 Å². The van der Waals surface area contributed by atoms with E-state index in [1.165, 1.54) is 24.3 Å². The van der Waals surface area contributed by atoms with E-state index >= 15 is 0 Å². The zero-order valence-corrected chi connectivity index (χ0v) is 14.0. The Bertz CT molecular complexity index is 680. The first-order chi connectivity index (χ1) is 12.6. The van der Waals surface area contributed by atoms with Gasteiger partial charge in [0.25, 0.3) is 5.78 Å².